The van der Waals surface area contributed by atoms with Gasteiger partial charge in [-0.25, -0.2) is 0 Å². The average Bonchev–Trinajstić information content (AvgIpc) is 2.23. The van der Waals surface area contributed by atoms with E-state index in [1.54, 1.807) is 0 Å². The van der Waals surface area contributed by atoms with Crippen LogP contribution in [0.2, 0.25) is 0 Å². The number of rotatable bonds is 4. The topological polar surface area (TPSA) is 37.3 Å². The fourth-order valence-electron chi connectivity index (χ4n) is 1.09. The molecule has 0 aromatic heterocycles. The Morgan fingerprint density at radius 1 is 1.08 bits per heavy atom. The number of unbranched alkanes of at least 4 members (excludes halogenated alkanes) is 1. The van der Waals surface area contributed by atoms with E-state index in [2.05, 4.69) is 12.1 Å². The van der Waals surface area contributed by atoms with E-state index in [0.29, 0.717) is 6.61 Å². The van der Waals surface area contributed by atoms with Crippen LogP contribution in [0.25, 0.3) is 0 Å². The predicted molar refractivity (Wildman–Crippen MR) is 53.6 cm³/mol. The number of aliphatic hydroxyl groups is 1. The number of aryl methyl sites for hydroxylation is 1. The minimum Gasteiger partial charge on any atom is -0.396 e. The molecule has 0 aliphatic carbocycles. The largest absolute Gasteiger partial charge is 0.396 e. The first kappa shape index (κ1) is 11.8. The third-order valence-electron chi connectivity index (χ3n) is 1.72. The second-order valence-electron chi connectivity index (χ2n) is 2.67. The summed E-state index contributed by atoms with van der Waals surface area (Å²) in [6, 6.07) is 10.4. The molecule has 1 aromatic carbocycles. The van der Waals surface area contributed by atoms with Crippen molar-refractivity contribution in [3.05, 3.63) is 35.9 Å². The Kier molecular flexibility index (Phi) is 8.15. The minimum atomic E-state index is 0.312. The SMILES string of the molecule is C=O.OCCCCc1ccccc1. The summed E-state index contributed by atoms with van der Waals surface area (Å²) in [5, 5.41) is 8.54. The van der Waals surface area contributed by atoms with Gasteiger partial charge in [-0.1, -0.05) is 30.3 Å². The molecule has 0 aliphatic rings. The van der Waals surface area contributed by atoms with Gasteiger partial charge in [-0.2, -0.15) is 0 Å². The molecule has 13 heavy (non-hydrogen) atoms. The molecule has 0 unspecified atom stereocenters. The van der Waals surface area contributed by atoms with Crippen LogP contribution in [0.1, 0.15) is 18.4 Å². The molecular formula is C11H16O2. The zero-order chi connectivity index (χ0) is 9.94. The maximum Gasteiger partial charge on any atom is 0.106 e. The van der Waals surface area contributed by atoms with E-state index >= 15 is 0 Å². The van der Waals surface area contributed by atoms with E-state index in [1.165, 1.54) is 5.56 Å². The molecule has 2 nitrogen and oxygen atoms in total. The van der Waals surface area contributed by atoms with Gasteiger partial charge in [0.2, 0.25) is 0 Å². The van der Waals surface area contributed by atoms with Crippen LogP contribution in [0.5, 0.6) is 0 Å². The van der Waals surface area contributed by atoms with Crippen LogP contribution in [-0.4, -0.2) is 18.5 Å². The van der Waals surface area contributed by atoms with Gasteiger partial charge in [0.25, 0.3) is 0 Å². The number of benzene rings is 1. The summed E-state index contributed by atoms with van der Waals surface area (Å²) >= 11 is 0. The van der Waals surface area contributed by atoms with Crippen molar-refractivity contribution in [3.63, 3.8) is 0 Å². The lowest BCUT2D eigenvalue weighted by Gasteiger charge is -1.97. The Labute approximate surface area is 79.2 Å². The van der Waals surface area contributed by atoms with Crippen LogP contribution in [0.15, 0.2) is 30.3 Å². The van der Waals surface area contributed by atoms with E-state index in [9.17, 15) is 0 Å². The van der Waals surface area contributed by atoms with Crippen LogP contribution in [0.3, 0.4) is 0 Å². The van der Waals surface area contributed by atoms with Gasteiger partial charge in [-0.3, -0.25) is 0 Å². The van der Waals surface area contributed by atoms with Crippen molar-refractivity contribution in [3.8, 4) is 0 Å². The molecule has 0 radical (unpaired) electrons. The maximum atomic E-state index is 8.54. The molecule has 0 heterocycles. The van der Waals surface area contributed by atoms with Gasteiger partial charge in [0, 0.05) is 6.61 Å². The number of hydrogen-bond acceptors (Lipinski definition) is 2. The summed E-state index contributed by atoms with van der Waals surface area (Å²) in [6.07, 6.45) is 3.08. The lowest BCUT2D eigenvalue weighted by atomic mass is 10.1. The van der Waals surface area contributed by atoms with Gasteiger partial charge in [0.05, 0.1) is 0 Å². The summed E-state index contributed by atoms with van der Waals surface area (Å²) in [6.45, 7) is 2.31. The Bertz CT molecular complexity index is 197. The van der Waals surface area contributed by atoms with Gasteiger partial charge in [0.1, 0.15) is 6.79 Å². The van der Waals surface area contributed by atoms with E-state index in [4.69, 9.17) is 9.90 Å². The molecular weight excluding hydrogens is 164 g/mol. The molecule has 0 amide bonds. The van der Waals surface area contributed by atoms with Gasteiger partial charge >= 0.3 is 0 Å². The molecule has 0 bridgehead atoms. The molecule has 1 rings (SSSR count). The second kappa shape index (κ2) is 8.94. The highest BCUT2D eigenvalue weighted by atomic mass is 16.2. The molecule has 0 aliphatic heterocycles. The number of carbonyl (C=O) groups is 1. The van der Waals surface area contributed by atoms with E-state index < -0.39 is 0 Å². The average molecular weight is 180 g/mol. The van der Waals surface area contributed by atoms with Crippen molar-refractivity contribution in [2.24, 2.45) is 0 Å². The summed E-state index contributed by atoms with van der Waals surface area (Å²) in [5.74, 6) is 0. The van der Waals surface area contributed by atoms with Gasteiger partial charge < -0.3 is 9.90 Å². The fraction of sp³-hybridized carbons (Fsp3) is 0.364. The third-order valence-corrected chi connectivity index (χ3v) is 1.72. The highest BCUT2D eigenvalue weighted by molar-refractivity contribution is 5.14. The van der Waals surface area contributed by atoms with Crippen LogP contribution < -0.4 is 0 Å². The lowest BCUT2D eigenvalue weighted by molar-refractivity contribution is -0.0979. The second-order valence-corrected chi connectivity index (χ2v) is 2.67. The highest BCUT2D eigenvalue weighted by Gasteiger charge is 1.89. The van der Waals surface area contributed by atoms with E-state index in [1.807, 2.05) is 25.0 Å². The molecule has 0 saturated heterocycles. The summed E-state index contributed by atoms with van der Waals surface area (Å²) in [5.41, 5.74) is 1.36. The molecule has 0 fully saturated rings. The Balaban J connectivity index is 0.000000671. The smallest absolute Gasteiger partial charge is 0.106 e. The van der Waals surface area contributed by atoms with Crippen molar-refractivity contribution in [1.82, 2.24) is 0 Å². The fourth-order valence-corrected chi connectivity index (χ4v) is 1.09. The molecule has 1 N–H and O–H groups in total. The van der Waals surface area contributed by atoms with Gasteiger partial charge in [-0.05, 0) is 24.8 Å². The Morgan fingerprint density at radius 2 is 1.69 bits per heavy atom. The molecule has 0 saturated carbocycles. The first-order chi connectivity index (χ1) is 6.43. The summed E-state index contributed by atoms with van der Waals surface area (Å²) in [4.78, 5) is 8.00. The Hall–Kier alpha value is -1.15. The van der Waals surface area contributed by atoms with Crippen LogP contribution >= 0.6 is 0 Å². The van der Waals surface area contributed by atoms with E-state index in [-0.39, 0.29) is 0 Å². The van der Waals surface area contributed by atoms with Crippen LogP contribution in [0, 0.1) is 0 Å². The third kappa shape index (κ3) is 6.05. The van der Waals surface area contributed by atoms with Crippen molar-refractivity contribution < 1.29 is 9.90 Å². The van der Waals surface area contributed by atoms with Crippen molar-refractivity contribution in [2.75, 3.05) is 6.61 Å². The molecule has 2 heteroatoms. The van der Waals surface area contributed by atoms with Crippen molar-refractivity contribution in [2.45, 2.75) is 19.3 Å². The molecule has 0 atom stereocenters. The normalized spacial score (nSPS) is 8.69. The summed E-state index contributed by atoms with van der Waals surface area (Å²) in [7, 11) is 0. The highest BCUT2D eigenvalue weighted by Crippen LogP contribution is 2.03. The van der Waals surface area contributed by atoms with Gasteiger partial charge in [0.15, 0.2) is 0 Å². The standard InChI is InChI=1S/C10H14O.CH2O/c11-9-5-4-8-10-6-2-1-3-7-10;1-2/h1-3,6-7,11H,4-5,8-9H2;1H2. The Morgan fingerprint density at radius 3 is 2.23 bits per heavy atom. The quantitative estimate of drug-likeness (QED) is 0.717. The van der Waals surface area contributed by atoms with Crippen molar-refractivity contribution in [1.29, 1.82) is 0 Å². The first-order valence-electron chi connectivity index (χ1n) is 4.37. The maximum absolute atomic E-state index is 8.54. The summed E-state index contributed by atoms with van der Waals surface area (Å²) < 4.78 is 0. The monoisotopic (exact) mass is 180 g/mol. The predicted octanol–water partition coefficient (Wildman–Crippen LogP) is 1.82. The molecule has 72 valence electrons. The number of hydrogen-bond donors (Lipinski definition) is 1. The number of carbonyl (C=O) groups excluding carboxylic acids is 1. The van der Waals surface area contributed by atoms with Crippen LogP contribution in [-0.2, 0) is 11.2 Å². The zero-order valence-electron chi connectivity index (χ0n) is 7.78. The number of aliphatic hydroxyl groups excluding tert-OH is 1. The minimum absolute atomic E-state index is 0.312. The molecule has 1 aromatic rings. The molecule has 0 spiro atoms. The van der Waals surface area contributed by atoms with E-state index in [0.717, 1.165) is 19.3 Å². The lowest BCUT2D eigenvalue weighted by Crippen LogP contribution is -1.87. The van der Waals surface area contributed by atoms with Gasteiger partial charge in [-0.15, -0.1) is 0 Å². The van der Waals surface area contributed by atoms with Crippen LogP contribution in [0.4, 0.5) is 0 Å². The zero-order valence-corrected chi connectivity index (χ0v) is 7.78. The first-order valence-corrected chi connectivity index (χ1v) is 4.37. The van der Waals surface area contributed by atoms with Crippen molar-refractivity contribution >= 4 is 6.79 Å².